The first-order valence-corrected chi connectivity index (χ1v) is 6.17. The molecule has 0 spiro atoms. The predicted molar refractivity (Wildman–Crippen MR) is 76.4 cm³/mol. The van der Waals surface area contributed by atoms with E-state index in [-0.39, 0.29) is 28.7 Å². The van der Waals surface area contributed by atoms with Gasteiger partial charge in [-0.2, -0.15) is 0 Å². The van der Waals surface area contributed by atoms with Crippen molar-refractivity contribution in [3.8, 4) is 0 Å². The molecule has 1 aliphatic rings. The van der Waals surface area contributed by atoms with Crippen molar-refractivity contribution in [2.75, 3.05) is 20.6 Å². The molecule has 0 aromatic rings. The summed E-state index contributed by atoms with van der Waals surface area (Å²) in [5, 5.41) is 0.242. The van der Waals surface area contributed by atoms with Gasteiger partial charge in [-0.15, -0.1) is 0 Å². The summed E-state index contributed by atoms with van der Waals surface area (Å²) in [4.78, 5) is 27.2. The number of hydrogen-bond donors (Lipinski definition) is 0. The van der Waals surface area contributed by atoms with E-state index in [9.17, 15) is 9.59 Å². The van der Waals surface area contributed by atoms with Gasteiger partial charge in [-0.05, 0) is 6.08 Å². The summed E-state index contributed by atoms with van der Waals surface area (Å²) < 4.78 is 0. The number of carbonyl (C=O) groups excluding carboxylic acids is 2. The lowest BCUT2D eigenvalue weighted by molar-refractivity contribution is -0.131. The van der Waals surface area contributed by atoms with Gasteiger partial charge in [0.05, 0.1) is 16.3 Å². The summed E-state index contributed by atoms with van der Waals surface area (Å²) in [6.07, 6.45) is 4.93. The molecule has 0 unspecified atom stereocenters. The first kappa shape index (κ1) is 15.2. The number of allylic oxidation sites excluding steroid dienone is 3. The van der Waals surface area contributed by atoms with Gasteiger partial charge in [0.25, 0.3) is 5.91 Å². The quantitative estimate of drug-likeness (QED) is 0.450. The molecular formula is C14H17ClN2O2. The van der Waals surface area contributed by atoms with Crippen molar-refractivity contribution < 1.29 is 9.59 Å². The van der Waals surface area contributed by atoms with E-state index in [1.54, 1.807) is 25.1 Å². The number of amides is 1. The number of hydrogen-bond acceptors (Lipinski definition) is 3. The van der Waals surface area contributed by atoms with E-state index >= 15 is 0 Å². The van der Waals surface area contributed by atoms with Crippen LogP contribution < -0.4 is 0 Å². The van der Waals surface area contributed by atoms with Gasteiger partial charge in [0.2, 0.25) is 0 Å². The molecule has 1 heterocycles. The fourth-order valence-corrected chi connectivity index (χ4v) is 1.93. The van der Waals surface area contributed by atoms with Crippen LogP contribution in [0.25, 0.3) is 0 Å². The Labute approximate surface area is 118 Å². The molecule has 19 heavy (non-hydrogen) atoms. The number of Topliss-reactive ketones (excluding diaryl/α,β-unsaturated/α-hetero) is 1. The second-order valence-corrected chi connectivity index (χ2v) is 4.79. The topological polar surface area (TPSA) is 40.6 Å². The molecule has 0 aliphatic carbocycles. The van der Waals surface area contributed by atoms with Crippen LogP contribution in [0.3, 0.4) is 0 Å². The number of halogens is 1. The standard InChI is InChI=1S/C14H17ClN2O2/c1-5-6-12(10(2)15)17-8-7-13(18)11(14(17)19)9-16(3)4/h5-6,9H,1-2,7-8H2,3-4H3. The van der Waals surface area contributed by atoms with E-state index in [1.807, 2.05) is 0 Å². The van der Waals surface area contributed by atoms with E-state index in [4.69, 9.17) is 11.6 Å². The Morgan fingerprint density at radius 2 is 2.05 bits per heavy atom. The Hall–Kier alpha value is -1.81. The van der Waals surface area contributed by atoms with Gasteiger partial charge in [0.1, 0.15) is 0 Å². The number of nitrogens with zero attached hydrogens (tertiary/aromatic N) is 2. The SMILES string of the molecule is C=CC=C(C(=C)Cl)N1CCC(=O)C(=CN(C)C)C1=O. The highest BCUT2D eigenvalue weighted by molar-refractivity contribution is 6.32. The number of ketones is 1. The van der Waals surface area contributed by atoms with Crippen molar-refractivity contribution in [2.24, 2.45) is 0 Å². The van der Waals surface area contributed by atoms with Gasteiger partial charge in [0, 0.05) is 33.3 Å². The minimum Gasteiger partial charge on any atom is -0.383 e. The van der Waals surface area contributed by atoms with Crippen LogP contribution in [-0.4, -0.2) is 42.1 Å². The van der Waals surface area contributed by atoms with E-state index < -0.39 is 0 Å². The number of likely N-dealkylation sites (tertiary alicyclic amines) is 1. The van der Waals surface area contributed by atoms with Crippen LogP contribution in [-0.2, 0) is 9.59 Å². The lowest BCUT2D eigenvalue weighted by atomic mass is 10.0. The van der Waals surface area contributed by atoms with E-state index in [2.05, 4.69) is 13.2 Å². The van der Waals surface area contributed by atoms with Crippen molar-refractivity contribution in [1.29, 1.82) is 0 Å². The average molecular weight is 281 g/mol. The van der Waals surface area contributed by atoms with Crippen LogP contribution in [0.1, 0.15) is 6.42 Å². The van der Waals surface area contributed by atoms with Crippen LogP contribution in [0.5, 0.6) is 0 Å². The highest BCUT2D eigenvalue weighted by Gasteiger charge is 2.32. The summed E-state index contributed by atoms with van der Waals surface area (Å²) in [7, 11) is 3.51. The van der Waals surface area contributed by atoms with Gasteiger partial charge < -0.3 is 9.80 Å². The lowest BCUT2D eigenvalue weighted by Crippen LogP contribution is -2.41. The predicted octanol–water partition coefficient (Wildman–Crippen LogP) is 2.06. The minimum atomic E-state index is -0.361. The van der Waals surface area contributed by atoms with E-state index in [1.165, 1.54) is 17.2 Å². The largest absolute Gasteiger partial charge is 0.383 e. The molecule has 4 nitrogen and oxygen atoms in total. The maximum Gasteiger partial charge on any atom is 0.263 e. The van der Waals surface area contributed by atoms with Crippen molar-refractivity contribution >= 4 is 23.3 Å². The Bertz CT molecular complexity index is 490. The molecule has 5 heteroatoms. The molecule has 1 amide bonds. The monoisotopic (exact) mass is 280 g/mol. The normalized spacial score (nSPS) is 18.8. The first-order valence-electron chi connectivity index (χ1n) is 5.79. The van der Waals surface area contributed by atoms with Gasteiger partial charge in [0.15, 0.2) is 5.78 Å². The van der Waals surface area contributed by atoms with Crippen LogP contribution in [0, 0.1) is 0 Å². The van der Waals surface area contributed by atoms with Crippen LogP contribution in [0.15, 0.2) is 47.8 Å². The summed E-state index contributed by atoms with van der Waals surface area (Å²) in [5.41, 5.74) is 0.628. The molecule has 0 aromatic heterocycles. The molecule has 102 valence electrons. The van der Waals surface area contributed by atoms with E-state index in [0.717, 1.165) is 0 Å². The van der Waals surface area contributed by atoms with Crippen molar-refractivity contribution in [2.45, 2.75) is 6.42 Å². The first-order chi connectivity index (χ1) is 8.88. The van der Waals surface area contributed by atoms with Gasteiger partial charge >= 0.3 is 0 Å². The number of carbonyl (C=O) groups is 2. The molecule has 1 saturated heterocycles. The van der Waals surface area contributed by atoms with Crippen LogP contribution in [0.2, 0.25) is 0 Å². The van der Waals surface area contributed by atoms with Crippen molar-refractivity contribution in [3.05, 3.63) is 47.8 Å². The van der Waals surface area contributed by atoms with Gasteiger partial charge in [-0.3, -0.25) is 9.59 Å². The third-order valence-corrected chi connectivity index (χ3v) is 2.76. The van der Waals surface area contributed by atoms with Crippen LogP contribution in [0.4, 0.5) is 0 Å². The highest BCUT2D eigenvalue weighted by atomic mass is 35.5. The third kappa shape index (κ3) is 3.58. The Balaban J connectivity index is 3.16. The van der Waals surface area contributed by atoms with Gasteiger partial charge in [-0.1, -0.05) is 30.8 Å². The van der Waals surface area contributed by atoms with Crippen molar-refractivity contribution in [1.82, 2.24) is 9.80 Å². The minimum absolute atomic E-state index is 0.157. The summed E-state index contributed by atoms with van der Waals surface area (Å²) in [6, 6.07) is 0. The van der Waals surface area contributed by atoms with Crippen LogP contribution >= 0.6 is 11.6 Å². The molecule has 0 radical (unpaired) electrons. The molecule has 0 atom stereocenters. The molecule has 0 saturated carbocycles. The summed E-state index contributed by atoms with van der Waals surface area (Å²) >= 11 is 5.89. The lowest BCUT2D eigenvalue weighted by Gasteiger charge is -2.29. The summed E-state index contributed by atoms with van der Waals surface area (Å²) in [5.74, 6) is -0.520. The fourth-order valence-electron chi connectivity index (χ4n) is 1.77. The summed E-state index contributed by atoms with van der Waals surface area (Å²) in [6.45, 7) is 7.51. The zero-order valence-electron chi connectivity index (χ0n) is 11.1. The Morgan fingerprint density at radius 3 is 2.53 bits per heavy atom. The zero-order valence-corrected chi connectivity index (χ0v) is 11.9. The van der Waals surface area contributed by atoms with Crippen molar-refractivity contribution in [3.63, 3.8) is 0 Å². The van der Waals surface area contributed by atoms with E-state index in [0.29, 0.717) is 12.2 Å². The molecule has 0 bridgehead atoms. The Morgan fingerprint density at radius 1 is 1.42 bits per heavy atom. The Kier molecular flexibility index (Phi) is 5.12. The third-order valence-electron chi connectivity index (χ3n) is 2.57. The fraction of sp³-hybridized carbons (Fsp3) is 0.286. The average Bonchev–Trinajstić information content (AvgIpc) is 2.32. The molecule has 0 N–H and O–H groups in total. The molecule has 0 aromatic carbocycles. The van der Waals surface area contributed by atoms with Gasteiger partial charge in [-0.25, -0.2) is 0 Å². The second kappa shape index (κ2) is 6.38. The molecular weight excluding hydrogens is 264 g/mol. The maximum atomic E-state index is 12.3. The number of piperidine rings is 1. The number of rotatable bonds is 4. The highest BCUT2D eigenvalue weighted by Crippen LogP contribution is 2.24. The smallest absolute Gasteiger partial charge is 0.263 e. The zero-order chi connectivity index (χ0) is 14.6. The second-order valence-electron chi connectivity index (χ2n) is 4.33. The maximum absolute atomic E-state index is 12.3. The molecule has 1 rings (SSSR count). The molecule has 1 aliphatic heterocycles. The molecule has 1 fully saturated rings.